The van der Waals surface area contributed by atoms with E-state index >= 15 is 0 Å². The lowest BCUT2D eigenvalue weighted by Crippen LogP contribution is -2.43. The zero-order valence-electron chi connectivity index (χ0n) is 12.4. The molecule has 1 unspecified atom stereocenters. The minimum atomic E-state index is -0.952. The van der Waals surface area contributed by atoms with Crippen molar-refractivity contribution < 1.29 is 14.7 Å². The lowest BCUT2D eigenvalue weighted by Gasteiger charge is -2.24. The molecule has 0 aromatic carbocycles. The van der Waals surface area contributed by atoms with Crippen LogP contribution in [0.25, 0.3) is 0 Å². The Kier molecular flexibility index (Phi) is 5.96. The van der Waals surface area contributed by atoms with Crippen LogP contribution in [0.5, 0.6) is 0 Å². The molecule has 0 aliphatic rings. The number of halogens is 1. The number of hydrogen-bond donors (Lipinski definition) is 2. The van der Waals surface area contributed by atoms with Gasteiger partial charge in [0.05, 0.1) is 17.0 Å². The van der Waals surface area contributed by atoms with Gasteiger partial charge in [0.15, 0.2) is 0 Å². The molecule has 1 amide bonds. The Morgan fingerprint density at radius 3 is 2.62 bits per heavy atom. The van der Waals surface area contributed by atoms with Gasteiger partial charge in [-0.2, -0.15) is 0 Å². The average molecular weight is 314 g/mol. The van der Waals surface area contributed by atoms with E-state index in [0.29, 0.717) is 17.3 Å². The number of hydrogen-bond acceptors (Lipinski definition) is 4. The quantitative estimate of drug-likeness (QED) is 0.802. The van der Waals surface area contributed by atoms with E-state index in [4.69, 9.17) is 16.7 Å². The Hall–Kier alpha value is -1.82. The molecule has 116 valence electrons. The standard InChI is InChI=1S/C14H20ClN3O3/c1-4-14(2,13(20)21)9-17-12(19)8-18(3)11-6-5-10(15)7-16-11/h5-7H,4,8-9H2,1-3H3,(H,17,19)(H,20,21). The molecule has 21 heavy (non-hydrogen) atoms. The van der Waals surface area contributed by atoms with Crippen LogP contribution in [0, 0.1) is 5.41 Å². The van der Waals surface area contributed by atoms with E-state index in [1.807, 2.05) is 0 Å². The van der Waals surface area contributed by atoms with Crippen LogP contribution < -0.4 is 10.2 Å². The second kappa shape index (κ2) is 7.26. The Balaban J connectivity index is 2.54. The molecular formula is C14H20ClN3O3. The van der Waals surface area contributed by atoms with Crippen LogP contribution in [0.15, 0.2) is 18.3 Å². The molecule has 2 N–H and O–H groups in total. The van der Waals surface area contributed by atoms with Gasteiger partial charge in [0.25, 0.3) is 0 Å². The predicted molar refractivity (Wildman–Crippen MR) is 81.6 cm³/mol. The molecule has 1 aromatic heterocycles. The lowest BCUT2D eigenvalue weighted by atomic mass is 9.88. The van der Waals surface area contributed by atoms with Gasteiger partial charge >= 0.3 is 5.97 Å². The summed E-state index contributed by atoms with van der Waals surface area (Å²) in [6.45, 7) is 3.58. The summed E-state index contributed by atoms with van der Waals surface area (Å²) in [7, 11) is 1.73. The largest absolute Gasteiger partial charge is 0.481 e. The van der Waals surface area contributed by atoms with Crippen molar-refractivity contribution in [3.05, 3.63) is 23.4 Å². The first-order valence-corrected chi connectivity index (χ1v) is 6.99. The Labute approximate surface area is 129 Å². The van der Waals surface area contributed by atoms with Crippen molar-refractivity contribution in [1.82, 2.24) is 10.3 Å². The highest BCUT2D eigenvalue weighted by atomic mass is 35.5. The lowest BCUT2D eigenvalue weighted by molar-refractivity contribution is -0.148. The number of pyridine rings is 1. The van der Waals surface area contributed by atoms with Crippen molar-refractivity contribution in [3.63, 3.8) is 0 Å². The average Bonchev–Trinajstić information content (AvgIpc) is 2.45. The van der Waals surface area contributed by atoms with Crippen LogP contribution in [0.4, 0.5) is 5.82 Å². The van der Waals surface area contributed by atoms with Crippen LogP contribution in [0.2, 0.25) is 5.02 Å². The van der Waals surface area contributed by atoms with Gasteiger partial charge in [0.2, 0.25) is 5.91 Å². The summed E-state index contributed by atoms with van der Waals surface area (Å²) in [6.07, 6.45) is 1.95. The molecule has 0 aliphatic heterocycles. The zero-order valence-corrected chi connectivity index (χ0v) is 13.1. The van der Waals surface area contributed by atoms with E-state index < -0.39 is 11.4 Å². The second-order valence-electron chi connectivity index (χ2n) is 5.19. The Morgan fingerprint density at radius 2 is 2.14 bits per heavy atom. The first kappa shape index (κ1) is 17.2. The molecule has 1 atom stereocenters. The molecule has 0 spiro atoms. The molecule has 1 aromatic rings. The summed E-state index contributed by atoms with van der Waals surface area (Å²) in [6, 6.07) is 3.40. The third kappa shape index (κ3) is 4.90. The molecule has 0 saturated heterocycles. The van der Waals surface area contributed by atoms with Gasteiger partial charge in [0.1, 0.15) is 5.82 Å². The van der Waals surface area contributed by atoms with E-state index in [1.54, 1.807) is 37.9 Å². The maximum absolute atomic E-state index is 11.9. The molecule has 7 heteroatoms. The van der Waals surface area contributed by atoms with Crippen molar-refractivity contribution >= 4 is 29.3 Å². The smallest absolute Gasteiger partial charge is 0.311 e. The highest BCUT2D eigenvalue weighted by Crippen LogP contribution is 2.19. The van der Waals surface area contributed by atoms with Gasteiger partial charge < -0.3 is 15.3 Å². The van der Waals surface area contributed by atoms with Crippen LogP contribution in [-0.2, 0) is 9.59 Å². The van der Waals surface area contributed by atoms with Gasteiger partial charge in [-0.05, 0) is 25.5 Å². The summed E-state index contributed by atoms with van der Waals surface area (Å²) in [5.41, 5.74) is -0.952. The number of carboxylic acid groups (broad SMARTS) is 1. The monoisotopic (exact) mass is 313 g/mol. The van der Waals surface area contributed by atoms with Crippen LogP contribution >= 0.6 is 11.6 Å². The van der Waals surface area contributed by atoms with Crippen molar-refractivity contribution in [2.24, 2.45) is 5.41 Å². The number of carbonyl (C=O) groups is 2. The van der Waals surface area contributed by atoms with E-state index in [2.05, 4.69) is 10.3 Å². The third-order valence-electron chi connectivity index (χ3n) is 3.46. The third-order valence-corrected chi connectivity index (χ3v) is 3.68. The minimum absolute atomic E-state index is 0.0913. The van der Waals surface area contributed by atoms with Gasteiger partial charge in [-0.15, -0.1) is 0 Å². The van der Waals surface area contributed by atoms with Gasteiger partial charge in [-0.1, -0.05) is 18.5 Å². The zero-order chi connectivity index (χ0) is 16.0. The Bertz CT molecular complexity index is 507. The van der Waals surface area contributed by atoms with Crippen LogP contribution in [0.3, 0.4) is 0 Å². The fourth-order valence-corrected chi connectivity index (χ4v) is 1.70. The fraction of sp³-hybridized carbons (Fsp3) is 0.500. The van der Waals surface area contributed by atoms with E-state index in [9.17, 15) is 9.59 Å². The summed E-state index contributed by atoms with van der Waals surface area (Å²) >= 11 is 5.75. The number of nitrogens with one attached hydrogen (secondary N) is 1. The van der Waals surface area contributed by atoms with Crippen LogP contribution in [-0.4, -0.2) is 42.1 Å². The topological polar surface area (TPSA) is 82.5 Å². The maximum Gasteiger partial charge on any atom is 0.311 e. The van der Waals surface area contributed by atoms with Crippen molar-refractivity contribution in [2.45, 2.75) is 20.3 Å². The highest BCUT2D eigenvalue weighted by molar-refractivity contribution is 6.30. The summed E-state index contributed by atoms with van der Waals surface area (Å²) in [4.78, 5) is 28.8. The molecule has 0 aliphatic carbocycles. The normalized spacial score (nSPS) is 13.3. The number of carbonyl (C=O) groups excluding carboxylic acids is 1. The predicted octanol–water partition coefficient (Wildman–Crippen LogP) is 1.79. The molecule has 6 nitrogen and oxygen atoms in total. The molecule has 0 bridgehead atoms. The molecule has 1 rings (SSSR count). The summed E-state index contributed by atoms with van der Waals surface area (Å²) in [5, 5.41) is 12.3. The number of anilines is 1. The van der Waals surface area contributed by atoms with Gasteiger partial charge in [0, 0.05) is 19.8 Å². The van der Waals surface area contributed by atoms with Crippen molar-refractivity contribution in [3.8, 4) is 0 Å². The molecule has 0 fully saturated rings. The van der Waals surface area contributed by atoms with E-state index in [1.165, 1.54) is 6.20 Å². The number of amides is 1. The van der Waals surface area contributed by atoms with Crippen LogP contribution in [0.1, 0.15) is 20.3 Å². The van der Waals surface area contributed by atoms with Crippen molar-refractivity contribution in [1.29, 1.82) is 0 Å². The molecular weight excluding hydrogens is 294 g/mol. The SMILES string of the molecule is CCC(C)(CNC(=O)CN(C)c1ccc(Cl)cn1)C(=O)O. The summed E-state index contributed by atoms with van der Waals surface area (Å²) in [5.74, 6) is -0.556. The molecule has 1 heterocycles. The number of carboxylic acids is 1. The molecule has 0 radical (unpaired) electrons. The van der Waals surface area contributed by atoms with Gasteiger partial charge in [-0.25, -0.2) is 4.98 Å². The first-order valence-electron chi connectivity index (χ1n) is 6.61. The van der Waals surface area contributed by atoms with E-state index in [-0.39, 0.29) is 19.0 Å². The number of likely N-dealkylation sites (N-methyl/N-ethyl adjacent to an activating group) is 1. The minimum Gasteiger partial charge on any atom is -0.481 e. The fourth-order valence-electron chi connectivity index (χ4n) is 1.59. The Morgan fingerprint density at radius 1 is 1.48 bits per heavy atom. The summed E-state index contributed by atoms with van der Waals surface area (Å²) < 4.78 is 0. The van der Waals surface area contributed by atoms with Gasteiger partial charge in [-0.3, -0.25) is 9.59 Å². The maximum atomic E-state index is 11.9. The number of aromatic nitrogens is 1. The first-order chi connectivity index (χ1) is 9.78. The highest BCUT2D eigenvalue weighted by Gasteiger charge is 2.31. The van der Waals surface area contributed by atoms with Crippen molar-refractivity contribution in [2.75, 3.05) is 25.0 Å². The number of rotatable bonds is 7. The molecule has 0 saturated carbocycles. The second-order valence-corrected chi connectivity index (χ2v) is 5.62. The number of nitrogens with zero attached hydrogens (tertiary/aromatic N) is 2. The number of aliphatic carboxylic acids is 1. The van der Waals surface area contributed by atoms with E-state index in [0.717, 1.165) is 0 Å².